The maximum Gasteiger partial charge on any atom is 0.0375 e. The third-order valence-corrected chi connectivity index (χ3v) is 2.50. The second-order valence-corrected chi connectivity index (χ2v) is 3.00. The molecular formula is C8H18N3. The first-order valence-electron chi connectivity index (χ1n) is 4.18. The molecule has 65 valence electrons. The van der Waals surface area contributed by atoms with Crippen LogP contribution in [0.5, 0.6) is 0 Å². The van der Waals surface area contributed by atoms with Crippen molar-refractivity contribution in [3.63, 3.8) is 0 Å². The summed E-state index contributed by atoms with van der Waals surface area (Å²) >= 11 is 0. The van der Waals surface area contributed by atoms with E-state index in [9.17, 15) is 0 Å². The van der Waals surface area contributed by atoms with Crippen molar-refractivity contribution < 1.29 is 0 Å². The van der Waals surface area contributed by atoms with Crippen LogP contribution in [0.2, 0.25) is 0 Å². The van der Waals surface area contributed by atoms with Crippen molar-refractivity contribution in [3.05, 3.63) is 6.42 Å². The summed E-state index contributed by atoms with van der Waals surface area (Å²) in [5.74, 6) is 0. The van der Waals surface area contributed by atoms with E-state index < -0.39 is 0 Å². The highest BCUT2D eigenvalue weighted by Crippen LogP contribution is 2.17. The summed E-state index contributed by atoms with van der Waals surface area (Å²) in [4.78, 5) is 0. The van der Waals surface area contributed by atoms with Crippen molar-refractivity contribution in [2.75, 3.05) is 21.1 Å². The van der Waals surface area contributed by atoms with Crippen molar-refractivity contribution in [1.29, 1.82) is 0 Å². The van der Waals surface area contributed by atoms with E-state index in [2.05, 4.69) is 22.4 Å². The van der Waals surface area contributed by atoms with Gasteiger partial charge in [0.2, 0.25) is 0 Å². The van der Waals surface area contributed by atoms with Crippen molar-refractivity contribution in [3.8, 4) is 0 Å². The molecule has 0 saturated heterocycles. The number of nitrogens with one attached hydrogen (secondary N) is 3. The topological polar surface area (TPSA) is 36.1 Å². The van der Waals surface area contributed by atoms with Gasteiger partial charge in [0.05, 0.1) is 0 Å². The zero-order chi connectivity index (χ0) is 8.27. The van der Waals surface area contributed by atoms with E-state index in [4.69, 9.17) is 0 Å². The van der Waals surface area contributed by atoms with Gasteiger partial charge in [-0.25, -0.2) is 0 Å². The van der Waals surface area contributed by atoms with E-state index in [1.54, 1.807) is 0 Å². The Bertz CT molecular complexity index is 104. The van der Waals surface area contributed by atoms with Crippen LogP contribution in [0, 0.1) is 6.42 Å². The maximum atomic E-state index is 3.31. The molecule has 3 nitrogen and oxygen atoms in total. The lowest BCUT2D eigenvalue weighted by Gasteiger charge is -2.23. The molecule has 11 heavy (non-hydrogen) atoms. The van der Waals surface area contributed by atoms with Gasteiger partial charge >= 0.3 is 0 Å². The van der Waals surface area contributed by atoms with E-state index in [1.165, 1.54) is 0 Å². The minimum absolute atomic E-state index is 0.512. The third-order valence-electron chi connectivity index (χ3n) is 2.50. The minimum Gasteiger partial charge on any atom is -0.315 e. The molecule has 3 atom stereocenters. The van der Waals surface area contributed by atoms with Gasteiger partial charge in [0.1, 0.15) is 0 Å². The Morgan fingerprint density at radius 3 is 2.27 bits per heavy atom. The third kappa shape index (κ3) is 1.72. The normalized spacial score (nSPS) is 37.9. The standard InChI is InChI=1S/C8H18N3/c1-9-6-4-5-7(10-2)8(6)11-3/h4,6-11H,5H2,1-3H3. The summed E-state index contributed by atoms with van der Waals surface area (Å²) in [5, 5.41) is 9.88. The minimum atomic E-state index is 0.512. The molecule has 3 unspecified atom stereocenters. The summed E-state index contributed by atoms with van der Waals surface area (Å²) in [6.45, 7) is 0. The van der Waals surface area contributed by atoms with Gasteiger partial charge in [-0.3, -0.25) is 0 Å². The fourth-order valence-electron chi connectivity index (χ4n) is 1.81. The van der Waals surface area contributed by atoms with Crippen LogP contribution < -0.4 is 16.0 Å². The molecule has 0 spiro atoms. The summed E-state index contributed by atoms with van der Waals surface area (Å²) in [7, 11) is 6.03. The number of hydrogen-bond acceptors (Lipinski definition) is 3. The Labute approximate surface area is 68.9 Å². The molecule has 1 rings (SSSR count). The Hall–Kier alpha value is -0.120. The molecule has 0 amide bonds. The summed E-state index contributed by atoms with van der Waals surface area (Å²) in [5.41, 5.74) is 0. The van der Waals surface area contributed by atoms with Crippen molar-refractivity contribution in [2.45, 2.75) is 24.5 Å². The Balaban J connectivity index is 2.48. The van der Waals surface area contributed by atoms with Crippen molar-refractivity contribution >= 4 is 0 Å². The smallest absolute Gasteiger partial charge is 0.0375 e. The van der Waals surface area contributed by atoms with E-state index >= 15 is 0 Å². The monoisotopic (exact) mass is 156 g/mol. The molecule has 0 heterocycles. The lowest BCUT2D eigenvalue weighted by atomic mass is 10.1. The highest BCUT2D eigenvalue weighted by molar-refractivity contribution is 5.06. The van der Waals surface area contributed by atoms with Gasteiger partial charge < -0.3 is 16.0 Å². The average Bonchev–Trinajstić information content (AvgIpc) is 2.45. The molecule has 0 aromatic carbocycles. The van der Waals surface area contributed by atoms with Crippen LogP contribution in [0.1, 0.15) is 6.42 Å². The zero-order valence-corrected chi connectivity index (χ0v) is 7.52. The second kappa shape index (κ2) is 4.04. The van der Waals surface area contributed by atoms with E-state index in [1.807, 2.05) is 21.1 Å². The van der Waals surface area contributed by atoms with Crippen molar-refractivity contribution in [2.24, 2.45) is 0 Å². The van der Waals surface area contributed by atoms with Gasteiger partial charge in [0, 0.05) is 18.1 Å². The molecule has 3 heteroatoms. The molecule has 1 radical (unpaired) electrons. The molecule has 0 aromatic rings. The first-order valence-corrected chi connectivity index (χ1v) is 4.18. The number of likely N-dealkylation sites (N-methyl/N-ethyl adjacent to an activating group) is 3. The molecule has 3 N–H and O–H groups in total. The van der Waals surface area contributed by atoms with Crippen LogP contribution in [-0.4, -0.2) is 39.3 Å². The molecule has 0 bridgehead atoms. The van der Waals surface area contributed by atoms with E-state index in [-0.39, 0.29) is 0 Å². The van der Waals surface area contributed by atoms with Crippen LogP contribution in [0.25, 0.3) is 0 Å². The molecule has 1 aliphatic rings. The summed E-state index contributed by atoms with van der Waals surface area (Å²) in [6, 6.07) is 1.62. The van der Waals surface area contributed by atoms with Crippen molar-refractivity contribution in [1.82, 2.24) is 16.0 Å². The van der Waals surface area contributed by atoms with Crippen LogP contribution in [0.15, 0.2) is 0 Å². The molecule has 1 fully saturated rings. The predicted octanol–water partition coefficient (Wildman–Crippen LogP) is -0.642. The zero-order valence-electron chi connectivity index (χ0n) is 7.52. The van der Waals surface area contributed by atoms with Gasteiger partial charge in [-0.2, -0.15) is 0 Å². The van der Waals surface area contributed by atoms with Crippen LogP contribution in [0.4, 0.5) is 0 Å². The fourth-order valence-corrected chi connectivity index (χ4v) is 1.81. The largest absolute Gasteiger partial charge is 0.315 e. The second-order valence-electron chi connectivity index (χ2n) is 3.00. The fraction of sp³-hybridized carbons (Fsp3) is 0.875. The van der Waals surface area contributed by atoms with Gasteiger partial charge in [-0.05, 0) is 34.0 Å². The van der Waals surface area contributed by atoms with E-state index in [0.717, 1.165) is 6.42 Å². The molecule has 0 aliphatic heterocycles. The van der Waals surface area contributed by atoms with E-state index in [0.29, 0.717) is 18.1 Å². The lowest BCUT2D eigenvalue weighted by molar-refractivity contribution is 0.410. The molecular weight excluding hydrogens is 138 g/mol. The number of hydrogen-bond donors (Lipinski definition) is 3. The summed E-state index contributed by atoms with van der Waals surface area (Å²) in [6.07, 6.45) is 3.47. The van der Waals surface area contributed by atoms with Crippen LogP contribution in [-0.2, 0) is 0 Å². The number of rotatable bonds is 3. The molecule has 1 saturated carbocycles. The van der Waals surface area contributed by atoms with Gasteiger partial charge in [-0.15, -0.1) is 0 Å². The quantitative estimate of drug-likeness (QED) is 0.508. The maximum absolute atomic E-state index is 3.31. The first-order chi connectivity index (χ1) is 5.33. The van der Waals surface area contributed by atoms with Crippen LogP contribution >= 0.6 is 0 Å². The predicted molar refractivity (Wildman–Crippen MR) is 47.5 cm³/mol. The Kier molecular flexibility index (Phi) is 3.30. The first kappa shape index (κ1) is 8.97. The Morgan fingerprint density at radius 2 is 1.82 bits per heavy atom. The van der Waals surface area contributed by atoms with Gasteiger partial charge in [0.25, 0.3) is 0 Å². The highest BCUT2D eigenvalue weighted by atomic mass is 15.1. The van der Waals surface area contributed by atoms with Gasteiger partial charge in [0.15, 0.2) is 0 Å². The Morgan fingerprint density at radius 1 is 1.09 bits per heavy atom. The highest BCUT2D eigenvalue weighted by Gasteiger charge is 2.32. The SMILES string of the molecule is CNC1[CH]CC(NC)C1NC. The van der Waals surface area contributed by atoms with Crippen LogP contribution in [0.3, 0.4) is 0 Å². The van der Waals surface area contributed by atoms with Gasteiger partial charge in [-0.1, -0.05) is 0 Å². The summed E-state index contributed by atoms with van der Waals surface area (Å²) < 4.78 is 0. The average molecular weight is 156 g/mol. The molecule has 0 aromatic heterocycles. The lowest BCUT2D eigenvalue weighted by Crippen LogP contribution is -2.50. The molecule has 1 aliphatic carbocycles.